The molecule has 0 atom stereocenters. The predicted octanol–water partition coefficient (Wildman–Crippen LogP) is 28.8. The molecule has 0 aliphatic rings. The Balaban J connectivity index is -0.00000156. The van der Waals surface area contributed by atoms with Gasteiger partial charge in [0, 0.05) is 26.2 Å². The van der Waals surface area contributed by atoms with E-state index in [0.29, 0.717) is 8.64 Å². The smallest absolute Gasteiger partial charge is 0.411 e. The minimum Gasteiger partial charge on any atom is -0.411 e. The van der Waals surface area contributed by atoms with Crippen LogP contribution in [0.1, 0.15) is 464 Å². The van der Waals surface area contributed by atoms with Crippen LogP contribution in [0.2, 0.25) is 0 Å². The fourth-order valence-corrected chi connectivity index (χ4v) is 13.4. The summed E-state index contributed by atoms with van der Waals surface area (Å²) < 4.78 is 1.39. The van der Waals surface area contributed by atoms with Crippen molar-refractivity contribution >= 4 is 58.3 Å². The van der Waals surface area contributed by atoms with Crippen LogP contribution in [0, 0.1) is 0 Å². The molecule has 0 aromatic heterocycles. The first kappa shape index (κ1) is 89.9. The molecule has 0 N–H and O–H groups in total. The van der Waals surface area contributed by atoms with Crippen LogP contribution in [-0.4, -0.2) is 44.6 Å². The van der Waals surface area contributed by atoms with E-state index in [1.807, 2.05) is 0 Å². The molecule has 0 aliphatic carbocycles. The van der Waals surface area contributed by atoms with Gasteiger partial charge in [-0.15, -0.1) is 0 Å². The minimum absolute atomic E-state index is 0. The van der Waals surface area contributed by atoms with Crippen LogP contribution < -0.4 is 0 Å². The van der Waals surface area contributed by atoms with Gasteiger partial charge in [0.05, 0.1) is 0 Å². The molecule has 1 radical (unpaired) electrons. The maximum Gasteiger partial charge on any atom is 2.00 e. The Kier molecular flexibility index (Phi) is 87.6. The molecule has 0 saturated heterocycles. The van der Waals surface area contributed by atoms with Crippen molar-refractivity contribution in [2.24, 2.45) is 0 Å². The van der Waals surface area contributed by atoms with E-state index >= 15 is 0 Å². The first-order chi connectivity index (χ1) is 41.4. The molecule has 0 unspecified atom stereocenters. The zero-order valence-electron chi connectivity index (χ0n) is 58.7. The summed E-state index contributed by atoms with van der Waals surface area (Å²) in [6, 6.07) is 0. The molecule has 0 saturated carbocycles. The van der Waals surface area contributed by atoms with Crippen molar-refractivity contribution in [3.05, 3.63) is 0 Å². The topological polar surface area (TPSA) is 6.48 Å². The number of hydrogen-bond donors (Lipinski definition) is 0. The van der Waals surface area contributed by atoms with Crippen molar-refractivity contribution in [2.75, 3.05) is 26.2 Å². The van der Waals surface area contributed by atoms with E-state index in [1.165, 1.54) is 437 Å². The molecular weight excluding hydrogens is 1160 g/mol. The molecule has 0 aliphatic heterocycles. The van der Waals surface area contributed by atoms with Gasteiger partial charge in [0.1, 0.15) is 0 Å². The van der Waals surface area contributed by atoms with Gasteiger partial charge >= 0.3 is 17.1 Å². The van der Waals surface area contributed by atoms with Gasteiger partial charge in [0.15, 0.2) is 0 Å². The normalized spacial score (nSPS) is 11.2. The minimum atomic E-state index is 0. The van der Waals surface area contributed by atoms with E-state index in [9.17, 15) is 0 Å². The molecule has 0 fully saturated rings. The molecular formula is C78H156CuN2S4. The maximum absolute atomic E-state index is 5.39. The van der Waals surface area contributed by atoms with Gasteiger partial charge in [-0.05, 0) is 25.7 Å². The average molecular weight is 1310 g/mol. The molecule has 0 rings (SSSR count). The van der Waals surface area contributed by atoms with Crippen LogP contribution in [0.5, 0.6) is 0 Å². The van der Waals surface area contributed by atoms with Crippen molar-refractivity contribution in [3.8, 4) is 0 Å². The molecule has 2 nitrogen and oxygen atoms in total. The molecule has 0 spiro atoms. The number of unbranched alkanes of at least 4 members (excludes halogenated alkanes) is 64. The van der Waals surface area contributed by atoms with Gasteiger partial charge in [-0.3, -0.25) is 0 Å². The third-order valence-corrected chi connectivity index (χ3v) is 19.7. The largest absolute Gasteiger partial charge is 2.00 e. The number of rotatable bonds is 72. The van der Waals surface area contributed by atoms with E-state index in [1.54, 1.807) is 0 Å². The van der Waals surface area contributed by atoms with Crippen molar-refractivity contribution in [1.82, 2.24) is 9.80 Å². The van der Waals surface area contributed by atoms with Crippen LogP contribution in [0.4, 0.5) is 0 Å². The van der Waals surface area contributed by atoms with Crippen LogP contribution in [-0.2, 0) is 42.3 Å². The van der Waals surface area contributed by atoms with Gasteiger partial charge in [-0.2, -0.15) is 0 Å². The summed E-state index contributed by atoms with van der Waals surface area (Å²) in [5.74, 6) is 0. The summed E-state index contributed by atoms with van der Waals surface area (Å²) >= 11 is 21.5. The molecule has 0 heterocycles. The molecule has 0 amide bonds. The monoisotopic (exact) mass is 1310 g/mol. The van der Waals surface area contributed by atoms with E-state index < -0.39 is 0 Å². The predicted molar refractivity (Wildman–Crippen MR) is 400 cm³/mol. The van der Waals surface area contributed by atoms with Gasteiger partial charge in [0.2, 0.25) is 0 Å². The van der Waals surface area contributed by atoms with Crippen LogP contribution >= 0.6 is 24.4 Å². The Hall–Kier alpha value is 0.739. The Morgan fingerprint density at radius 2 is 0.259 bits per heavy atom. The summed E-state index contributed by atoms with van der Waals surface area (Å²) in [4.78, 5) is 4.61. The summed E-state index contributed by atoms with van der Waals surface area (Å²) in [5, 5.41) is 0. The van der Waals surface area contributed by atoms with Crippen LogP contribution in [0.3, 0.4) is 0 Å². The van der Waals surface area contributed by atoms with Gasteiger partial charge in [0.25, 0.3) is 0 Å². The molecule has 513 valence electrons. The van der Waals surface area contributed by atoms with Gasteiger partial charge < -0.3 is 59.5 Å². The average Bonchev–Trinajstić information content (AvgIpc) is 3.49. The van der Waals surface area contributed by atoms with Crippen molar-refractivity contribution < 1.29 is 17.1 Å². The quantitative estimate of drug-likeness (QED) is 0.0257. The zero-order chi connectivity index (χ0) is 61.2. The Morgan fingerprint density at radius 1 is 0.176 bits per heavy atom. The van der Waals surface area contributed by atoms with Crippen molar-refractivity contribution in [2.45, 2.75) is 464 Å². The van der Waals surface area contributed by atoms with Crippen LogP contribution in [0.25, 0.3) is 0 Å². The molecule has 0 bridgehead atoms. The number of hydrogen-bond acceptors (Lipinski definition) is 4. The third-order valence-electron chi connectivity index (χ3n) is 18.6. The number of thiocarbonyl (C=S) groups is 2. The second kappa shape index (κ2) is 82.8. The Labute approximate surface area is 571 Å². The summed E-state index contributed by atoms with van der Waals surface area (Å²) in [6.45, 7) is 13.5. The third kappa shape index (κ3) is 80.8. The Morgan fingerprint density at radius 3 is 0.341 bits per heavy atom. The van der Waals surface area contributed by atoms with Crippen molar-refractivity contribution in [1.29, 1.82) is 0 Å². The number of nitrogens with zero attached hydrogens (tertiary/aromatic N) is 2. The second-order valence-corrected chi connectivity index (χ2v) is 29.2. The molecule has 85 heavy (non-hydrogen) atoms. The summed E-state index contributed by atoms with van der Waals surface area (Å²) in [6.07, 6.45) is 96.9. The maximum atomic E-state index is 5.39. The van der Waals surface area contributed by atoms with Gasteiger partial charge in [-0.25, -0.2) is 0 Å². The first-order valence-corrected chi connectivity index (χ1v) is 41.0. The first-order valence-electron chi connectivity index (χ1n) is 39.4. The van der Waals surface area contributed by atoms with E-state index in [0.717, 1.165) is 26.2 Å². The van der Waals surface area contributed by atoms with Crippen LogP contribution in [0.15, 0.2) is 0 Å². The zero-order valence-corrected chi connectivity index (χ0v) is 62.9. The van der Waals surface area contributed by atoms with Gasteiger partial charge in [-0.1, -0.05) is 447 Å². The summed E-state index contributed by atoms with van der Waals surface area (Å²) in [5.41, 5.74) is 0. The second-order valence-electron chi connectivity index (χ2n) is 27.1. The standard InChI is InChI=1S/2C39H79NS2.Cu/c2*1-3-5-7-9-11-13-15-17-19-21-23-25-27-29-31-33-35-37-40(39(41)42)38-36-34-32-30-28-26-24-22-20-18-16-14-12-10-8-6-4-2;/h2*3-38H2,1-2H3,(H,41,42);/q;;+2/p-2. The van der Waals surface area contributed by atoms with E-state index in [4.69, 9.17) is 49.7 Å². The Bertz CT molecular complexity index is 1040. The fraction of sp³-hybridized carbons (Fsp3) is 0.974. The van der Waals surface area contributed by atoms with E-state index in [2.05, 4.69) is 37.5 Å². The van der Waals surface area contributed by atoms with Crippen molar-refractivity contribution in [3.63, 3.8) is 0 Å². The molecule has 0 aromatic carbocycles. The summed E-state index contributed by atoms with van der Waals surface area (Å²) in [7, 11) is 0. The SMILES string of the molecule is CCCCCCCCCCCCCCCCCCCN(CCCCCCCCCCCCCCCCCCC)C(=S)[S-].CCCCCCCCCCCCCCCCCCCN(CCCCCCCCCCCCCCCCCCC)C(=S)[S-].[Cu+2]. The fourth-order valence-electron chi connectivity index (χ4n) is 12.7. The van der Waals surface area contributed by atoms with E-state index in [-0.39, 0.29) is 17.1 Å². The molecule has 7 heteroatoms. The molecule has 0 aromatic rings.